The first kappa shape index (κ1) is 7.93. The maximum absolute atomic E-state index is 11.4. The lowest BCUT2D eigenvalue weighted by molar-refractivity contribution is -0.450. The van der Waals surface area contributed by atoms with Gasteiger partial charge in [-0.25, -0.2) is 19.5 Å². The van der Waals surface area contributed by atoms with E-state index < -0.39 is 0 Å². The molecule has 0 spiro atoms. The van der Waals surface area contributed by atoms with Crippen LogP contribution in [0.15, 0.2) is 6.33 Å². The number of imidazole rings is 1. The molecule has 0 aliphatic carbocycles. The summed E-state index contributed by atoms with van der Waals surface area (Å²) in [4.78, 5) is 27.9. The summed E-state index contributed by atoms with van der Waals surface area (Å²) < 4.78 is 1.61. The van der Waals surface area contributed by atoms with Crippen molar-refractivity contribution >= 4 is 17.8 Å². The SMILES string of the molecule is CN1C(=O)[NH2+]C(=O)c2c1ncn2C. The second-order valence-corrected chi connectivity index (χ2v) is 2.93. The van der Waals surface area contributed by atoms with Crippen molar-refractivity contribution in [1.29, 1.82) is 0 Å². The summed E-state index contributed by atoms with van der Waals surface area (Å²) in [5.74, 6) is 0.151. The lowest BCUT2D eigenvalue weighted by Crippen LogP contribution is -2.95. The normalized spacial score (nSPS) is 16.3. The van der Waals surface area contributed by atoms with E-state index in [1.54, 1.807) is 18.7 Å². The summed E-state index contributed by atoms with van der Waals surface area (Å²) in [6.07, 6.45) is 1.52. The van der Waals surface area contributed by atoms with Crippen LogP contribution in [0.25, 0.3) is 0 Å². The van der Waals surface area contributed by atoms with Crippen molar-refractivity contribution in [2.45, 2.75) is 0 Å². The molecule has 1 aromatic rings. The number of quaternary nitrogens is 1. The molecule has 2 N–H and O–H groups in total. The fourth-order valence-electron chi connectivity index (χ4n) is 1.33. The number of aryl methyl sites for hydroxylation is 1. The molecule has 0 radical (unpaired) electrons. The maximum atomic E-state index is 11.4. The van der Waals surface area contributed by atoms with Crippen molar-refractivity contribution in [3.8, 4) is 0 Å². The predicted octanol–water partition coefficient (Wildman–Crippen LogP) is -1.31. The van der Waals surface area contributed by atoms with E-state index >= 15 is 0 Å². The Bertz CT molecular complexity index is 395. The van der Waals surface area contributed by atoms with Crippen molar-refractivity contribution in [1.82, 2.24) is 9.55 Å². The van der Waals surface area contributed by atoms with Gasteiger partial charge in [0.15, 0.2) is 11.5 Å². The number of imide groups is 1. The fourth-order valence-corrected chi connectivity index (χ4v) is 1.33. The molecule has 0 atom stereocenters. The Morgan fingerprint density at radius 1 is 1.38 bits per heavy atom. The Hall–Kier alpha value is -1.69. The molecule has 6 nitrogen and oxygen atoms in total. The van der Waals surface area contributed by atoms with E-state index in [9.17, 15) is 9.59 Å². The van der Waals surface area contributed by atoms with Gasteiger partial charge in [-0.1, -0.05) is 0 Å². The van der Waals surface area contributed by atoms with Crippen LogP contribution in [0.3, 0.4) is 0 Å². The minimum atomic E-state index is -0.323. The molecule has 1 aromatic heterocycles. The number of anilines is 1. The van der Waals surface area contributed by atoms with Gasteiger partial charge in [0.1, 0.15) is 0 Å². The van der Waals surface area contributed by atoms with Gasteiger partial charge < -0.3 is 4.57 Å². The van der Waals surface area contributed by atoms with Crippen LogP contribution in [-0.2, 0) is 7.05 Å². The molecule has 1 aliphatic rings. The number of amides is 3. The van der Waals surface area contributed by atoms with Crippen LogP contribution >= 0.6 is 0 Å². The van der Waals surface area contributed by atoms with E-state index in [1.165, 1.54) is 11.2 Å². The van der Waals surface area contributed by atoms with Crippen molar-refractivity contribution in [2.75, 3.05) is 11.9 Å². The number of nitrogens with two attached hydrogens (primary N) is 1. The largest absolute Gasteiger partial charge is 0.429 e. The Morgan fingerprint density at radius 2 is 2.08 bits per heavy atom. The molecule has 0 saturated heterocycles. The van der Waals surface area contributed by atoms with Crippen LogP contribution < -0.4 is 10.2 Å². The van der Waals surface area contributed by atoms with Crippen LogP contribution in [0.1, 0.15) is 10.5 Å². The van der Waals surface area contributed by atoms with Crippen LogP contribution in [-0.4, -0.2) is 28.5 Å². The average molecular weight is 181 g/mol. The number of aromatic nitrogens is 2. The lowest BCUT2D eigenvalue weighted by atomic mass is 10.3. The highest BCUT2D eigenvalue weighted by Gasteiger charge is 2.35. The molecule has 0 bridgehead atoms. The van der Waals surface area contributed by atoms with Gasteiger partial charge in [-0.3, -0.25) is 0 Å². The van der Waals surface area contributed by atoms with E-state index in [-0.39, 0.29) is 11.9 Å². The molecule has 0 fully saturated rings. The van der Waals surface area contributed by atoms with Crippen molar-refractivity contribution in [2.24, 2.45) is 7.05 Å². The van der Waals surface area contributed by atoms with Crippen molar-refractivity contribution in [3.05, 3.63) is 12.0 Å². The second-order valence-electron chi connectivity index (χ2n) is 2.93. The smallest absolute Gasteiger partial charge is 0.324 e. The Balaban J connectivity index is 2.62. The quantitative estimate of drug-likeness (QED) is 0.540. The van der Waals surface area contributed by atoms with Crippen LogP contribution in [0, 0.1) is 0 Å². The highest BCUT2D eigenvalue weighted by molar-refractivity contribution is 6.04. The zero-order chi connectivity index (χ0) is 9.59. The molecule has 0 saturated carbocycles. The first-order valence-corrected chi connectivity index (χ1v) is 3.79. The molecule has 6 heteroatoms. The highest BCUT2D eigenvalue weighted by Crippen LogP contribution is 2.17. The third-order valence-electron chi connectivity index (χ3n) is 2.05. The molecule has 1 aliphatic heterocycles. The first-order valence-electron chi connectivity index (χ1n) is 3.79. The minimum Gasteiger partial charge on any atom is -0.324 e. The minimum absolute atomic E-state index is 0.280. The summed E-state index contributed by atoms with van der Waals surface area (Å²) in [5.41, 5.74) is 0.460. The van der Waals surface area contributed by atoms with Gasteiger partial charge in [-0.05, 0) is 0 Å². The Morgan fingerprint density at radius 3 is 2.77 bits per heavy atom. The van der Waals surface area contributed by atoms with E-state index in [1.807, 2.05) is 0 Å². The average Bonchev–Trinajstić information content (AvgIpc) is 2.44. The standard InChI is InChI=1S/C7H8N4O2/c1-10-3-8-5-4(10)6(12)9-7(13)11(5)2/h3H,1-2H3,(H,9,12,13)/p+1. The number of carbonyl (C=O) groups excluding carboxylic acids is 2. The third kappa shape index (κ3) is 0.955. The second kappa shape index (κ2) is 2.40. The topological polar surface area (TPSA) is 71.8 Å². The van der Waals surface area contributed by atoms with Gasteiger partial charge in [-0.15, -0.1) is 0 Å². The van der Waals surface area contributed by atoms with Crippen LogP contribution in [0.2, 0.25) is 0 Å². The maximum Gasteiger partial charge on any atom is 0.429 e. The zero-order valence-corrected chi connectivity index (χ0v) is 7.31. The molecule has 3 amide bonds. The number of carbonyl (C=O) groups is 2. The molecule has 2 rings (SSSR count). The number of rotatable bonds is 0. The fraction of sp³-hybridized carbons (Fsp3) is 0.286. The van der Waals surface area contributed by atoms with Crippen molar-refractivity contribution < 1.29 is 14.9 Å². The highest BCUT2D eigenvalue weighted by atomic mass is 16.2. The molecule has 0 unspecified atom stereocenters. The molecular weight excluding hydrogens is 172 g/mol. The number of nitrogens with zero attached hydrogens (tertiary/aromatic N) is 3. The molecule has 2 heterocycles. The number of fused-ring (bicyclic) bond motifs is 1. The summed E-state index contributed by atoms with van der Waals surface area (Å²) in [6.45, 7) is 0. The van der Waals surface area contributed by atoms with E-state index in [0.717, 1.165) is 5.32 Å². The van der Waals surface area contributed by atoms with Gasteiger partial charge in [-0.2, -0.15) is 5.32 Å². The number of hydrogen-bond donors (Lipinski definition) is 1. The third-order valence-corrected chi connectivity index (χ3v) is 2.05. The van der Waals surface area contributed by atoms with Gasteiger partial charge in [0.2, 0.25) is 0 Å². The van der Waals surface area contributed by atoms with Crippen molar-refractivity contribution in [3.63, 3.8) is 0 Å². The number of hydrogen-bond acceptors (Lipinski definition) is 3. The van der Waals surface area contributed by atoms with E-state index in [0.29, 0.717) is 11.5 Å². The van der Waals surface area contributed by atoms with E-state index in [4.69, 9.17) is 0 Å². The van der Waals surface area contributed by atoms with Crippen LogP contribution in [0.4, 0.5) is 10.6 Å². The number of primary amides is 2. The molecule has 13 heavy (non-hydrogen) atoms. The predicted molar refractivity (Wildman–Crippen MR) is 43.3 cm³/mol. The Kier molecular flexibility index (Phi) is 1.46. The summed E-state index contributed by atoms with van der Waals surface area (Å²) in [7, 11) is 3.32. The lowest BCUT2D eigenvalue weighted by Gasteiger charge is -2.16. The van der Waals surface area contributed by atoms with E-state index in [2.05, 4.69) is 4.98 Å². The van der Waals surface area contributed by atoms with Gasteiger partial charge in [0.05, 0.1) is 6.33 Å². The van der Waals surface area contributed by atoms with Crippen LogP contribution in [0.5, 0.6) is 0 Å². The molecule has 68 valence electrons. The molecule has 0 aromatic carbocycles. The monoisotopic (exact) mass is 181 g/mol. The first-order chi connectivity index (χ1) is 6.11. The van der Waals surface area contributed by atoms with Gasteiger partial charge in [0, 0.05) is 14.1 Å². The zero-order valence-electron chi connectivity index (χ0n) is 7.31. The van der Waals surface area contributed by atoms with Gasteiger partial charge >= 0.3 is 11.9 Å². The summed E-state index contributed by atoms with van der Waals surface area (Å²) >= 11 is 0. The summed E-state index contributed by atoms with van der Waals surface area (Å²) in [5, 5.41) is 1.07. The Labute approximate surface area is 74.2 Å². The van der Waals surface area contributed by atoms with Gasteiger partial charge in [0.25, 0.3) is 0 Å². The molecular formula is C7H9N4O2+. The number of urea groups is 1. The summed E-state index contributed by atoms with van der Waals surface area (Å²) in [6, 6.07) is -0.323.